The first-order valence-corrected chi connectivity index (χ1v) is 6.60. The van der Waals surface area contributed by atoms with E-state index in [1.165, 1.54) is 0 Å². The number of benzene rings is 1. The molecular formula is C14H22N2O5. The zero-order chi connectivity index (χ0) is 15.7. The van der Waals surface area contributed by atoms with Crippen LogP contribution in [0.2, 0.25) is 0 Å². The van der Waals surface area contributed by atoms with Crippen LogP contribution in [0, 0.1) is 0 Å². The average Bonchev–Trinajstić information content (AvgIpc) is 2.53. The molecule has 2 amide bonds. The molecule has 1 aromatic carbocycles. The standard InChI is InChI=1S/C14H22N2O5/c1-21-12-4-2-11(3-5-12)6-7-15-13(20)16-14(8-17,9-18)10-19/h2-5,17-19H,6-10H2,1H3,(H2,15,16,20). The maximum absolute atomic E-state index is 11.7. The lowest BCUT2D eigenvalue weighted by molar-refractivity contribution is 0.0493. The second kappa shape index (κ2) is 8.46. The quantitative estimate of drug-likeness (QED) is 0.434. The second-order valence-corrected chi connectivity index (χ2v) is 4.73. The van der Waals surface area contributed by atoms with Gasteiger partial charge < -0.3 is 30.7 Å². The molecule has 21 heavy (non-hydrogen) atoms. The molecular weight excluding hydrogens is 276 g/mol. The van der Waals surface area contributed by atoms with E-state index in [0.717, 1.165) is 11.3 Å². The van der Waals surface area contributed by atoms with Crippen molar-refractivity contribution < 1.29 is 24.9 Å². The lowest BCUT2D eigenvalue weighted by Gasteiger charge is -2.28. The van der Waals surface area contributed by atoms with E-state index in [1.807, 2.05) is 24.3 Å². The number of aliphatic hydroxyl groups excluding tert-OH is 3. The van der Waals surface area contributed by atoms with Gasteiger partial charge in [0.1, 0.15) is 11.3 Å². The Balaban J connectivity index is 2.39. The minimum Gasteiger partial charge on any atom is -0.497 e. The van der Waals surface area contributed by atoms with Crippen LogP contribution in [0.3, 0.4) is 0 Å². The molecule has 0 spiro atoms. The van der Waals surface area contributed by atoms with Crippen molar-refractivity contribution in [3.05, 3.63) is 29.8 Å². The molecule has 0 radical (unpaired) electrons. The maximum Gasteiger partial charge on any atom is 0.315 e. The van der Waals surface area contributed by atoms with Crippen molar-refractivity contribution in [2.24, 2.45) is 0 Å². The van der Waals surface area contributed by atoms with Crippen LogP contribution in [-0.2, 0) is 6.42 Å². The third kappa shape index (κ3) is 5.22. The van der Waals surface area contributed by atoms with Gasteiger partial charge in [0, 0.05) is 6.54 Å². The van der Waals surface area contributed by atoms with Gasteiger partial charge in [-0.15, -0.1) is 0 Å². The van der Waals surface area contributed by atoms with Gasteiger partial charge in [0.15, 0.2) is 0 Å². The Bertz CT molecular complexity index is 423. The molecule has 0 aromatic heterocycles. The Hall–Kier alpha value is -1.83. The summed E-state index contributed by atoms with van der Waals surface area (Å²) in [6, 6.07) is 6.92. The number of carbonyl (C=O) groups is 1. The number of carbonyl (C=O) groups excluding carboxylic acids is 1. The van der Waals surface area contributed by atoms with Crippen LogP contribution < -0.4 is 15.4 Å². The Morgan fingerprint density at radius 3 is 2.19 bits per heavy atom. The summed E-state index contributed by atoms with van der Waals surface area (Å²) in [5, 5.41) is 32.3. The van der Waals surface area contributed by atoms with Crippen LogP contribution in [-0.4, -0.2) is 60.4 Å². The number of aliphatic hydroxyl groups is 3. The van der Waals surface area contributed by atoms with Gasteiger partial charge in [0.2, 0.25) is 0 Å². The van der Waals surface area contributed by atoms with Crippen LogP contribution in [0.5, 0.6) is 5.75 Å². The Kier molecular flexibility index (Phi) is 6.93. The predicted molar refractivity (Wildman–Crippen MR) is 77.2 cm³/mol. The number of amides is 2. The molecule has 0 atom stereocenters. The summed E-state index contributed by atoms with van der Waals surface area (Å²) in [5.41, 5.74) is -0.377. The van der Waals surface area contributed by atoms with Gasteiger partial charge in [-0.25, -0.2) is 4.79 Å². The highest BCUT2D eigenvalue weighted by atomic mass is 16.5. The third-order valence-electron chi connectivity index (χ3n) is 3.14. The van der Waals surface area contributed by atoms with E-state index >= 15 is 0 Å². The van der Waals surface area contributed by atoms with E-state index in [1.54, 1.807) is 7.11 Å². The molecule has 1 rings (SSSR count). The van der Waals surface area contributed by atoms with Crippen LogP contribution >= 0.6 is 0 Å². The molecule has 7 heteroatoms. The van der Waals surface area contributed by atoms with Gasteiger partial charge in [-0.2, -0.15) is 0 Å². The Morgan fingerprint density at radius 2 is 1.71 bits per heavy atom. The Labute approximate surface area is 123 Å². The lowest BCUT2D eigenvalue weighted by atomic mass is 10.0. The summed E-state index contributed by atoms with van der Waals surface area (Å²) >= 11 is 0. The van der Waals surface area contributed by atoms with E-state index in [9.17, 15) is 4.79 Å². The highest BCUT2D eigenvalue weighted by Crippen LogP contribution is 2.11. The van der Waals surface area contributed by atoms with Crippen LogP contribution in [0.15, 0.2) is 24.3 Å². The van der Waals surface area contributed by atoms with E-state index in [-0.39, 0.29) is 0 Å². The summed E-state index contributed by atoms with van der Waals surface area (Å²) in [5.74, 6) is 0.767. The van der Waals surface area contributed by atoms with Gasteiger partial charge in [-0.3, -0.25) is 0 Å². The van der Waals surface area contributed by atoms with E-state index in [4.69, 9.17) is 20.1 Å². The van der Waals surface area contributed by atoms with Crippen molar-refractivity contribution in [1.82, 2.24) is 10.6 Å². The minimum absolute atomic E-state index is 0.385. The van der Waals surface area contributed by atoms with Gasteiger partial charge >= 0.3 is 6.03 Å². The zero-order valence-electron chi connectivity index (χ0n) is 12.0. The molecule has 5 N–H and O–H groups in total. The Morgan fingerprint density at radius 1 is 1.14 bits per heavy atom. The fourth-order valence-corrected chi connectivity index (χ4v) is 1.67. The maximum atomic E-state index is 11.7. The van der Waals surface area contributed by atoms with Gasteiger partial charge in [-0.05, 0) is 24.1 Å². The first kappa shape index (κ1) is 17.2. The van der Waals surface area contributed by atoms with E-state index in [0.29, 0.717) is 13.0 Å². The highest BCUT2D eigenvalue weighted by molar-refractivity contribution is 5.74. The number of ether oxygens (including phenoxy) is 1. The molecule has 0 fully saturated rings. The third-order valence-corrected chi connectivity index (χ3v) is 3.14. The summed E-state index contributed by atoms with van der Waals surface area (Å²) < 4.78 is 5.05. The number of urea groups is 1. The minimum atomic E-state index is -1.41. The second-order valence-electron chi connectivity index (χ2n) is 4.73. The SMILES string of the molecule is COc1ccc(CCNC(=O)NC(CO)(CO)CO)cc1. The van der Waals surface area contributed by atoms with Crippen LogP contribution in [0.25, 0.3) is 0 Å². The molecule has 7 nitrogen and oxygen atoms in total. The number of hydrogen-bond acceptors (Lipinski definition) is 5. The molecule has 0 unspecified atom stereocenters. The fourth-order valence-electron chi connectivity index (χ4n) is 1.67. The summed E-state index contributed by atoms with van der Waals surface area (Å²) in [6.45, 7) is -1.26. The van der Waals surface area contributed by atoms with Crippen LogP contribution in [0.4, 0.5) is 4.79 Å². The van der Waals surface area contributed by atoms with Crippen molar-refractivity contribution in [2.45, 2.75) is 12.0 Å². The first-order valence-electron chi connectivity index (χ1n) is 6.60. The fraction of sp³-hybridized carbons (Fsp3) is 0.500. The van der Waals surface area contributed by atoms with Crippen molar-refractivity contribution in [3.63, 3.8) is 0 Å². The van der Waals surface area contributed by atoms with Crippen molar-refractivity contribution in [1.29, 1.82) is 0 Å². The van der Waals surface area contributed by atoms with Gasteiger partial charge in [0.25, 0.3) is 0 Å². The zero-order valence-corrected chi connectivity index (χ0v) is 12.0. The van der Waals surface area contributed by atoms with Crippen molar-refractivity contribution in [2.75, 3.05) is 33.5 Å². The van der Waals surface area contributed by atoms with Crippen molar-refractivity contribution in [3.8, 4) is 5.75 Å². The predicted octanol–water partition coefficient (Wildman–Crippen LogP) is -0.747. The summed E-state index contributed by atoms with van der Waals surface area (Å²) in [6.07, 6.45) is 0.627. The molecule has 0 bridgehead atoms. The van der Waals surface area contributed by atoms with Gasteiger partial charge in [0.05, 0.1) is 26.9 Å². The molecule has 0 heterocycles. The van der Waals surface area contributed by atoms with Crippen LogP contribution in [0.1, 0.15) is 5.56 Å². The summed E-state index contributed by atoms with van der Waals surface area (Å²) in [4.78, 5) is 11.7. The van der Waals surface area contributed by atoms with E-state index in [2.05, 4.69) is 10.6 Å². The number of hydrogen-bond donors (Lipinski definition) is 5. The topological polar surface area (TPSA) is 111 Å². The molecule has 118 valence electrons. The number of methoxy groups -OCH3 is 1. The normalized spacial score (nSPS) is 11.0. The molecule has 0 aliphatic heterocycles. The summed E-state index contributed by atoms with van der Waals surface area (Å²) in [7, 11) is 1.59. The number of nitrogens with one attached hydrogen (secondary N) is 2. The highest BCUT2D eigenvalue weighted by Gasteiger charge is 2.29. The van der Waals surface area contributed by atoms with Crippen molar-refractivity contribution >= 4 is 6.03 Å². The molecule has 0 saturated heterocycles. The lowest BCUT2D eigenvalue weighted by Crippen LogP contribution is -2.59. The monoisotopic (exact) mass is 298 g/mol. The molecule has 0 saturated carbocycles. The van der Waals surface area contributed by atoms with Gasteiger partial charge in [-0.1, -0.05) is 12.1 Å². The largest absolute Gasteiger partial charge is 0.497 e. The smallest absolute Gasteiger partial charge is 0.315 e. The molecule has 1 aromatic rings. The molecule has 0 aliphatic carbocycles. The average molecular weight is 298 g/mol. The number of rotatable bonds is 8. The van der Waals surface area contributed by atoms with E-state index < -0.39 is 31.4 Å². The first-order chi connectivity index (χ1) is 10.1. The molecule has 0 aliphatic rings.